The Balaban J connectivity index is 1.98. The predicted octanol–water partition coefficient (Wildman–Crippen LogP) is 1.95. The molecule has 2 aromatic rings. The molecule has 0 aliphatic heterocycles. The van der Waals surface area contributed by atoms with E-state index in [9.17, 15) is 14.4 Å². The van der Waals surface area contributed by atoms with E-state index < -0.39 is 11.8 Å². The van der Waals surface area contributed by atoms with E-state index in [1.54, 1.807) is 49.4 Å². The lowest BCUT2D eigenvalue weighted by molar-refractivity contribution is -0.138. The van der Waals surface area contributed by atoms with Crippen molar-refractivity contribution >= 4 is 41.2 Å². The first-order chi connectivity index (χ1) is 14.4. The number of halogens is 1. The minimum absolute atomic E-state index is 0.224. The Hall–Kier alpha value is -3.59. The van der Waals surface area contributed by atoms with Crippen LogP contribution in [0.5, 0.6) is 11.5 Å². The van der Waals surface area contributed by atoms with Crippen LogP contribution in [0.3, 0.4) is 0 Å². The number of benzene rings is 2. The van der Waals surface area contributed by atoms with Crippen LogP contribution in [0, 0.1) is 0 Å². The molecule has 0 fully saturated rings. The van der Waals surface area contributed by atoms with Crippen molar-refractivity contribution in [3.05, 3.63) is 53.1 Å². The molecule has 9 nitrogen and oxygen atoms in total. The Labute approximate surface area is 178 Å². The van der Waals surface area contributed by atoms with Gasteiger partial charge in [-0.3, -0.25) is 14.4 Å². The summed E-state index contributed by atoms with van der Waals surface area (Å²) in [5.74, 6) is -1.26. The van der Waals surface area contributed by atoms with E-state index in [0.717, 1.165) is 0 Å². The number of carbonyl (C=O) groups excluding carboxylic acids is 3. The van der Waals surface area contributed by atoms with Crippen molar-refractivity contribution in [2.45, 2.75) is 6.92 Å². The molecule has 0 saturated carbocycles. The molecule has 0 saturated heterocycles. The van der Waals surface area contributed by atoms with Gasteiger partial charge in [-0.25, -0.2) is 5.43 Å². The normalized spacial score (nSPS) is 10.4. The van der Waals surface area contributed by atoms with E-state index in [1.165, 1.54) is 13.3 Å². The fourth-order valence-corrected chi connectivity index (χ4v) is 2.32. The van der Waals surface area contributed by atoms with Gasteiger partial charge in [0.05, 0.1) is 12.8 Å². The molecule has 0 aromatic heterocycles. The lowest BCUT2D eigenvalue weighted by Crippen LogP contribution is -2.35. The van der Waals surface area contributed by atoms with Crippen molar-refractivity contribution in [3.63, 3.8) is 0 Å². The standard InChI is InChI=1S/C20H21ClN4O5/c1-3-29-17-10-13(11-23-25-20(28)19(27)22-2)4-9-16(17)30-12-18(26)24-15-7-5-14(21)6-8-15/h4-11H,3,12H2,1-2H3,(H,22,27)(H,24,26)(H,25,28)/b23-11-. The summed E-state index contributed by atoms with van der Waals surface area (Å²) in [6, 6.07) is 11.6. The zero-order chi connectivity index (χ0) is 21.9. The van der Waals surface area contributed by atoms with Gasteiger partial charge in [0, 0.05) is 17.8 Å². The summed E-state index contributed by atoms with van der Waals surface area (Å²) in [4.78, 5) is 34.6. The second-order valence-corrected chi connectivity index (χ2v) is 6.20. The maximum absolute atomic E-state index is 12.1. The molecule has 0 unspecified atom stereocenters. The summed E-state index contributed by atoms with van der Waals surface area (Å²) in [7, 11) is 1.34. The quantitative estimate of drug-likeness (QED) is 0.335. The topological polar surface area (TPSA) is 118 Å². The lowest BCUT2D eigenvalue weighted by atomic mass is 10.2. The van der Waals surface area contributed by atoms with Gasteiger partial charge in [0.15, 0.2) is 18.1 Å². The Kier molecular flexibility index (Phi) is 8.64. The molecule has 0 spiro atoms. The highest BCUT2D eigenvalue weighted by molar-refractivity contribution is 6.35. The highest BCUT2D eigenvalue weighted by atomic mass is 35.5. The van der Waals surface area contributed by atoms with Crippen molar-refractivity contribution in [1.29, 1.82) is 0 Å². The fraction of sp³-hybridized carbons (Fsp3) is 0.200. The van der Waals surface area contributed by atoms with E-state index in [2.05, 4.69) is 21.2 Å². The van der Waals surface area contributed by atoms with Gasteiger partial charge >= 0.3 is 11.8 Å². The molecule has 10 heteroatoms. The minimum atomic E-state index is -0.884. The molecule has 2 aromatic carbocycles. The van der Waals surface area contributed by atoms with Crippen molar-refractivity contribution in [1.82, 2.24) is 10.7 Å². The molecule has 30 heavy (non-hydrogen) atoms. The average molecular weight is 433 g/mol. The molecule has 0 radical (unpaired) electrons. The van der Waals surface area contributed by atoms with E-state index >= 15 is 0 Å². The van der Waals surface area contributed by atoms with Crippen LogP contribution in [-0.2, 0) is 14.4 Å². The molecule has 0 atom stereocenters. The van der Waals surface area contributed by atoms with Crippen LogP contribution >= 0.6 is 11.6 Å². The molecule has 0 heterocycles. The van der Waals surface area contributed by atoms with Gasteiger partial charge in [-0.15, -0.1) is 0 Å². The summed E-state index contributed by atoms with van der Waals surface area (Å²) in [6.45, 7) is 1.96. The fourth-order valence-electron chi connectivity index (χ4n) is 2.20. The van der Waals surface area contributed by atoms with Gasteiger partial charge in [-0.1, -0.05) is 11.6 Å². The van der Waals surface area contributed by atoms with Crippen LogP contribution in [-0.4, -0.2) is 44.2 Å². The number of hydrazone groups is 1. The number of amides is 3. The number of carbonyl (C=O) groups is 3. The Morgan fingerprint density at radius 1 is 1.03 bits per heavy atom. The van der Waals surface area contributed by atoms with Gasteiger partial charge < -0.3 is 20.1 Å². The smallest absolute Gasteiger partial charge is 0.329 e. The summed E-state index contributed by atoms with van der Waals surface area (Å²) in [5.41, 5.74) is 3.29. The van der Waals surface area contributed by atoms with Crippen LogP contribution in [0.25, 0.3) is 0 Å². The predicted molar refractivity (Wildman–Crippen MR) is 113 cm³/mol. The Bertz CT molecular complexity index is 931. The van der Waals surface area contributed by atoms with Gasteiger partial charge in [-0.2, -0.15) is 5.10 Å². The third-order valence-electron chi connectivity index (χ3n) is 3.57. The zero-order valence-corrected chi connectivity index (χ0v) is 17.2. The number of ether oxygens (including phenoxy) is 2. The summed E-state index contributed by atoms with van der Waals surface area (Å²) in [6.07, 6.45) is 1.35. The van der Waals surface area contributed by atoms with Gasteiger partial charge in [0.25, 0.3) is 5.91 Å². The molecular formula is C20H21ClN4O5. The first kappa shape index (κ1) is 22.7. The van der Waals surface area contributed by atoms with Crippen LogP contribution in [0.4, 0.5) is 5.69 Å². The third kappa shape index (κ3) is 7.10. The SMILES string of the molecule is CCOc1cc(/C=N\NC(=O)C(=O)NC)ccc1OCC(=O)Nc1ccc(Cl)cc1. The molecule has 158 valence electrons. The van der Waals surface area contributed by atoms with Gasteiger partial charge in [-0.05, 0) is 55.0 Å². The molecule has 3 N–H and O–H groups in total. The van der Waals surface area contributed by atoms with Gasteiger partial charge in [0.1, 0.15) is 0 Å². The van der Waals surface area contributed by atoms with Crippen LogP contribution in [0.15, 0.2) is 47.6 Å². The Morgan fingerprint density at radius 3 is 2.43 bits per heavy atom. The first-order valence-corrected chi connectivity index (χ1v) is 9.31. The number of nitrogens with one attached hydrogen (secondary N) is 3. The second-order valence-electron chi connectivity index (χ2n) is 5.76. The second kappa shape index (κ2) is 11.4. The van der Waals surface area contributed by atoms with Crippen molar-refractivity contribution in [2.75, 3.05) is 25.6 Å². The maximum Gasteiger partial charge on any atom is 0.329 e. The van der Waals surface area contributed by atoms with E-state index in [-0.39, 0.29) is 12.5 Å². The highest BCUT2D eigenvalue weighted by Crippen LogP contribution is 2.28. The molecule has 2 rings (SSSR count). The summed E-state index contributed by atoms with van der Waals surface area (Å²) >= 11 is 5.82. The number of likely N-dealkylation sites (N-methyl/N-ethyl adjacent to an activating group) is 1. The first-order valence-electron chi connectivity index (χ1n) is 8.93. The molecule has 3 amide bonds. The molecular weight excluding hydrogens is 412 g/mol. The summed E-state index contributed by atoms with van der Waals surface area (Å²) < 4.78 is 11.1. The number of rotatable bonds is 8. The number of hydrogen-bond donors (Lipinski definition) is 3. The minimum Gasteiger partial charge on any atom is -0.490 e. The van der Waals surface area contributed by atoms with Crippen molar-refractivity contribution in [2.24, 2.45) is 5.10 Å². The van der Waals surface area contributed by atoms with Crippen molar-refractivity contribution < 1.29 is 23.9 Å². The molecule has 0 aliphatic carbocycles. The van der Waals surface area contributed by atoms with Crippen LogP contribution in [0.1, 0.15) is 12.5 Å². The highest BCUT2D eigenvalue weighted by Gasteiger charge is 2.11. The van der Waals surface area contributed by atoms with E-state index in [1.807, 2.05) is 0 Å². The molecule has 0 aliphatic rings. The number of nitrogens with zero attached hydrogens (tertiary/aromatic N) is 1. The van der Waals surface area contributed by atoms with Gasteiger partial charge in [0.2, 0.25) is 0 Å². The van der Waals surface area contributed by atoms with E-state index in [4.69, 9.17) is 21.1 Å². The maximum atomic E-state index is 12.1. The monoisotopic (exact) mass is 432 g/mol. The Morgan fingerprint density at radius 2 is 1.77 bits per heavy atom. The number of anilines is 1. The summed E-state index contributed by atoms with van der Waals surface area (Å²) in [5, 5.41) is 9.17. The van der Waals surface area contributed by atoms with Crippen LogP contribution in [0.2, 0.25) is 5.02 Å². The van der Waals surface area contributed by atoms with Crippen LogP contribution < -0.4 is 25.5 Å². The van der Waals surface area contributed by atoms with E-state index in [0.29, 0.717) is 34.4 Å². The largest absolute Gasteiger partial charge is 0.490 e. The van der Waals surface area contributed by atoms with Crippen molar-refractivity contribution in [3.8, 4) is 11.5 Å². The number of hydrogen-bond acceptors (Lipinski definition) is 6. The average Bonchev–Trinajstić information content (AvgIpc) is 2.74. The lowest BCUT2D eigenvalue weighted by Gasteiger charge is -2.12. The molecule has 0 bridgehead atoms. The third-order valence-corrected chi connectivity index (χ3v) is 3.82. The zero-order valence-electron chi connectivity index (χ0n) is 16.4.